The van der Waals surface area contributed by atoms with Gasteiger partial charge in [-0.15, -0.1) is 0 Å². The lowest BCUT2D eigenvalue weighted by molar-refractivity contribution is -0.122. The number of nitrogens with zero attached hydrogens (tertiary/aromatic N) is 1. The molecule has 3 atom stereocenters. The predicted octanol–water partition coefficient (Wildman–Crippen LogP) is 3.30. The number of carbonyl (C=O) groups is 2. The fourth-order valence-electron chi connectivity index (χ4n) is 3.85. The van der Waals surface area contributed by atoms with Crippen LogP contribution in [0.25, 0.3) is 0 Å². The summed E-state index contributed by atoms with van der Waals surface area (Å²) in [6.07, 6.45) is 2.38. The van der Waals surface area contributed by atoms with Gasteiger partial charge in [0.1, 0.15) is 22.7 Å². The molecule has 1 heterocycles. The highest BCUT2D eigenvalue weighted by Crippen LogP contribution is 2.36. The molecule has 7 heteroatoms. The molecule has 0 bridgehead atoms. The summed E-state index contributed by atoms with van der Waals surface area (Å²) in [6, 6.07) is 12.2. The molecule has 0 saturated carbocycles. The quantitative estimate of drug-likeness (QED) is 0.380. The minimum atomic E-state index is -0.553. The SMILES string of the molecule is CC(C)CCNC(=O)[C@@H]1C[S+](C(=O)NCCCC(C#N)(c2ccccc2)C(C)C)CN1. The van der Waals surface area contributed by atoms with Gasteiger partial charge in [-0.1, -0.05) is 58.0 Å². The van der Waals surface area contributed by atoms with Gasteiger partial charge in [-0.05, 0) is 36.7 Å². The maximum absolute atomic E-state index is 12.6. The van der Waals surface area contributed by atoms with Crippen LogP contribution in [0.4, 0.5) is 4.79 Å². The highest BCUT2D eigenvalue weighted by molar-refractivity contribution is 8.11. The first-order valence-corrected chi connectivity index (χ1v) is 12.8. The van der Waals surface area contributed by atoms with Gasteiger partial charge in [0.15, 0.2) is 5.88 Å². The molecule has 0 radical (unpaired) electrons. The Morgan fingerprint density at radius 2 is 1.90 bits per heavy atom. The van der Waals surface area contributed by atoms with Crippen LogP contribution in [0.15, 0.2) is 30.3 Å². The first-order chi connectivity index (χ1) is 14.8. The van der Waals surface area contributed by atoms with E-state index in [1.807, 2.05) is 30.3 Å². The average molecular weight is 446 g/mol. The van der Waals surface area contributed by atoms with Crippen LogP contribution in [0.3, 0.4) is 0 Å². The van der Waals surface area contributed by atoms with E-state index < -0.39 is 16.3 Å². The van der Waals surface area contributed by atoms with Crippen molar-refractivity contribution in [2.45, 2.75) is 58.4 Å². The fourth-order valence-corrected chi connectivity index (χ4v) is 5.63. The van der Waals surface area contributed by atoms with Crippen molar-refractivity contribution < 1.29 is 9.59 Å². The van der Waals surface area contributed by atoms with Crippen LogP contribution in [0, 0.1) is 23.2 Å². The molecule has 170 valence electrons. The molecule has 1 fully saturated rings. The van der Waals surface area contributed by atoms with E-state index in [0.717, 1.165) is 18.4 Å². The number of rotatable bonds is 10. The molecule has 0 aromatic heterocycles. The Hall–Kier alpha value is -2.04. The third-order valence-electron chi connectivity index (χ3n) is 5.96. The highest BCUT2D eigenvalue weighted by Gasteiger charge is 2.42. The van der Waals surface area contributed by atoms with Crippen molar-refractivity contribution in [2.24, 2.45) is 11.8 Å². The molecule has 1 aliphatic heterocycles. The van der Waals surface area contributed by atoms with Gasteiger partial charge in [0.05, 0.1) is 11.5 Å². The third-order valence-corrected chi connectivity index (χ3v) is 7.88. The van der Waals surface area contributed by atoms with E-state index >= 15 is 0 Å². The topological polar surface area (TPSA) is 94.0 Å². The Bertz CT molecular complexity index is 763. The van der Waals surface area contributed by atoms with Gasteiger partial charge < -0.3 is 10.6 Å². The van der Waals surface area contributed by atoms with Crippen LogP contribution in [0.2, 0.25) is 0 Å². The number of benzene rings is 1. The molecule has 3 N–H and O–H groups in total. The third kappa shape index (κ3) is 6.98. The summed E-state index contributed by atoms with van der Waals surface area (Å²) >= 11 is 0. The van der Waals surface area contributed by atoms with Crippen LogP contribution in [-0.4, -0.2) is 41.9 Å². The summed E-state index contributed by atoms with van der Waals surface area (Å²) in [5, 5.41) is 19.1. The molecular formula is C24H37N4O2S+. The number of amides is 2. The van der Waals surface area contributed by atoms with E-state index in [2.05, 4.69) is 49.7 Å². The van der Waals surface area contributed by atoms with Crippen molar-refractivity contribution >= 4 is 22.0 Å². The maximum Gasteiger partial charge on any atom is 0.430 e. The summed E-state index contributed by atoms with van der Waals surface area (Å²) < 4.78 is 0. The van der Waals surface area contributed by atoms with Crippen molar-refractivity contribution in [1.29, 1.82) is 5.26 Å². The molecule has 31 heavy (non-hydrogen) atoms. The molecule has 0 aliphatic carbocycles. The molecule has 1 aromatic carbocycles. The Morgan fingerprint density at radius 1 is 1.19 bits per heavy atom. The average Bonchev–Trinajstić information content (AvgIpc) is 3.24. The van der Waals surface area contributed by atoms with Gasteiger partial charge >= 0.3 is 5.24 Å². The van der Waals surface area contributed by atoms with Crippen LogP contribution in [0.1, 0.15) is 52.5 Å². The Labute approximate surface area is 189 Å². The number of hydrogen-bond acceptors (Lipinski definition) is 4. The first kappa shape index (κ1) is 25.2. The molecule has 1 aliphatic rings. The van der Waals surface area contributed by atoms with Gasteiger partial charge in [-0.25, -0.2) is 4.79 Å². The number of nitriles is 1. The smallest absolute Gasteiger partial charge is 0.355 e. The molecule has 1 saturated heterocycles. The van der Waals surface area contributed by atoms with E-state index in [-0.39, 0.29) is 23.1 Å². The Balaban J connectivity index is 1.79. The van der Waals surface area contributed by atoms with Crippen LogP contribution >= 0.6 is 0 Å². The summed E-state index contributed by atoms with van der Waals surface area (Å²) in [4.78, 5) is 24.8. The highest BCUT2D eigenvalue weighted by atomic mass is 32.2. The van der Waals surface area contributed by atoms with Gasteiger partial charge in [-0.2, -0.15) is 5.26 Å². The lowest BCUT2D eigenvalue weighted by Gasteiger charge is -2.31. The minimum absolute atomic E-state index is 0.0109. The Kier molecular flexibility index (Phi) is 9.86. The largest absolute Gasteiger partial charge is 0.430 e. The molecule has 1 aromatic rings. The second-order valence-corrected chi connectivity index (χ2v) is 10.9. The van der Waals surface area contributed by atoms with E-state index in [1.165, 1.54) is 0 Å². The fraction of sp³-hybridized carbons (Fsp3) is 0.625. The number of nitrogens with one attached hydrogen (secondary N) is 3. The molecule has 2 amide bonds. The predicted molar refractivity (Wildman–Crippen MR) is 128 cm³/mol. The van der Waals surface area contributed by atoms with Crippen LogP contribution in [0.5, 0.6) is 0 Å². The van der Waals surface area contributed by atoms with Gasteiger partial charge in [0.25, 0.3) is 0 Å². The van der Waals surface area contributed by atoms with E-state index in [0.29, 0.717) is 37.1 Å². The van der Waals surface area contributed by atoms with E-state index in [1.54, 1.807) is 0 Å². The molecule has 2 rings (SSSR count). The normalized spacial score (nSPS) is 20.3. The first-order valence-electron chi connectivity index (χ1n) is 11.2. The lowest BCUT2D eigenvalue weighted by Crippen LogP contribution is -2.42. The monoisotopic (exact) mass is 445 g/mol. The van der Waals surface area contributed by atoms with Crippen molar-refractivity contribution in [1.82, 2.24) is 16.0 Å². The molecule has 2 unspecified atom stereocenters. The van der Waals surface area contributed by atoms with Gasteiger partial charge in [0, 0.05) is 13.1 Å². The van der Waals surface area contributed by atoms with Gasteiger partial charge in [-0.3, -0.25) is 10.1 Å². The van der Waals surface area contributed by atoms with Crippen molar-refractivity contribution in [3.63, 3.8) is 0 Å². The zero-order valence-corrected chi connectivity index (χ0v) is 20.1. The van der Waals surface area contributed by atoms with Crippen LogP contribution < -0.4 is 16.0 Å². The molecule has 6 nitrogen and oxygen atoms in total. The molecule has 0 spiro atoms. The second-order valence-electron chi connectivity index (χ2n) is 8.96. The van der Waals surface area contributed by atoms with E-state index in [4.69, 9.17) is 0 Å². The van der Waals surface area contributed by atoms with E-state index in [9.17, 15) is 14.9 Å². The second kappa shape index (κ2) is 12.1. The zero-order valence-electron chi connectivity index (χ0n) is 19.2. The summed E-state index contributed by atoms with van der Waals surface area (Å²) in [5.74, 6) is 1.81. The van der Waals surface area contributed by atoms with Crippen molar-refractivity contribution in [3.05, 3.63) is 35.9 Å². The zero-order chi connectivity index (χ0) is 22.9. The van der Waals surface area contributed by atoms with Crippen molar-refractivity contribution in [3.8, 4) is 6.07 Å². The molecular weight excluding hydrogens is 408 g/mol. The lowest BCUT2D eigenvalue weighted by atomic mass is 9.70. The summed E-state index contributed by atoms with van der Waals surface area (Å²) in [6.45, 7) is 9.62. The maximum atomic E-state index is 12.6. The number of hydrogen-bond donors (Lipinski definition) is 3. The summed E-state index contributed by atoms with van der Waals surface area (Å²) in [5.41, 5.74) is 0.481. The van der Waals surface area contributed by atoms with Crippen molar-refractivity contribution in [2.75, 3.05) is 24.7 Å². The minimum Gasteiger partial charge on any atom is -0.355 e. The van der Waals surface area contributed by atoms with Gasteiger partial charge in [0.2, 0.25) is 5.91 Å². The summed E-state index contributed by atoms with van der Waals surface area (Å²) in [7, 11) is -0.495. The van der Waals surface area contributed by atoms with Crippen LogP contribution in [-0.2, 0) is 21.1 Å². The Morgan fingerprint density at radius 3 is 2.52 bits per heavy atom. The number of carbonyl (C=O) groups excluding carboxylic acids is 2. The standard InChI is InChI=1S/C24H36N4O2S/c1-18(2)11-14-26-22(29)21-15-31(17-28-21)23(30)27-13-8-12-24(16-25,19(3)4)20-9-6-5-7-10-20/h5-7,9-10,18-19,21,28H,8,11-15,17H2,1-4H3,(H-,26,27,29,30)/p+1/t21-,24?,31?/m0/s1.